The van der Waals surface area contributed by atoms with Gasteiger partial charge in [0.05, 0.1) is 13.0 Å². The highest BCUT2D eigenvalue weighted by Crippen LogP contribution is 2.26. The van der Waals surface area contributed by atoms with Crippen molar-refractivity contribution in [2.24, 2.45) is 5.73 Å². The lowest BCUT2D eigenvalue weighted by Crippen LogP contribution is -2.56. The lowest BCUT2D eigenvalue weighted by Gasteiger charge is -2.42. The van der Waals surface area contributed by atoms with Crippen LogP contribution in [0.4, 0.5) is 0 Å². The molecule has 0 bridgehead atoms. The number of aryl methyl sites for hydroxylation is 1. The van der Waals surface area contributed by atoms with Gasteiger partial charge in [0.25, 0.3) is 0 Å². The Hall–Kier alpha value is -2.15. The monoisotopic (exact) mass is 389 g/mol. The molecule has 1 aliphatic heterocycles. The molecule has 0 aliphatic carbocycles. The molecule has 0 saturated carbocycles. The largest absolute Gasteiger partial charge is 0.490 e. The number of pyridine rings is 1. The van der Waals surface area contributed by atoms with E-state index in [0.717, 1.165) is 24.2 Å². The third-order valence-electron chi connectivity index (χ3n) is 4.46. The number of halogens is 1. The Balaban J connectivity index is 1.71. The van der Waals surface area contributed by atoms with Gasteiger partial charge in [0.2, 0.25) is 5.91 Å². The quantitative estimate of drug-likeness (QED) is 0.787. The van der Waals surface area contributed by atoms with Gasteiger partial charge in [0.1, 0.15) is 18.0 Å². The van der Waals surface area contributed by atoms with Gasteiger partial charge in [-0.3, -0.25) is 14.7 Å². The first-order valence-corrected chi connectivity index (χ1v) is 9.25. The maximum absolute atomic E-state index is 11.7. The zero-order valence-corrected chi connectivity index (χ0v) is 16.1. The number of nitrogens with two attached hydrogens (primary N) is 1. The molecule has 1 saturated heterocycles. The van der Waals surface area contributed by atoms with Crippen LogP contribution in [-0.4, -0.2) is 47.7 Å². The maximum atomic E-state index is 11.7. The summed E-state index contributed by atoms with van der Waals surface area (Å²) in [5.74, 6) is 0.221. The van der Waals surface area contributed by atoms with E-state index in [1.807, 2.05) is 31.5 Å². The van der Waals surface area contributed by atoms with Crippen molar-refractivity contribution in [2.75, 3.05) is 26.3 Å². The lowest BCUT2D eigenvalue weighted by atomic mass is 9.97. The molecular formula is C20H24ClN3O3. The van der Waals surface area contributed by atoms with Crippen LogP contribution in [0.25, 0.3) is 0 Å². The molecule has 1 aromatic heterocycles. The van der Waals surface area contributed by atoms with Gasteiger partial charge >= 0.3 is 0 Å². The number of morpholine rings is 1. The van der Waals surface area contributed by atoms with Crippen molar-refractivity contribution >= 4 is 17.5 Å². The van der Waals surface area contributed by atoms with Gasteiger partial charge in [-0.1, -0.05) is 23.7 Å². The van der Waals surface area contributed by atoms with E-state index in [-0.39, 0.29) is 13.0 Å². The first-order valence-electron chi connectivity index (χ1n) is 8.88. The second-order valence-corrected chi connectivity index (χ2v) is 7.44. The number of hydrogen-bond donors (Lipinski definition) is 1. The van der Waals surface area contributed by atoms with Crippen molar-refractivity contribution in [3.05, 3.63) is 58.9 Å². The Labute approximate surface area is 164 Å². The lowest BCUT2D eigenvalue weighted by molar-refractivity contribution is -0.148. The first kappa shape index (κ1) is 19.6. The van der Waals surface area contributed by atoms with Crippen molar-refractivity contribution in [1.82, 2.24) is 9.88 Å². The van der Waals surface area contributed by atoms with Crippen LogP contribution in [0.2, 0.25) is 5.02 Å². The molecular weight excluding hydrogens is 366 g/mol. The van der Waals surface area contributed by atoms with Gasteiger partial charge < -0.3 is 15.2 Å². The molecule has 0 radical (unpaired) electrons. The van der Waals surface area contributed by atoms with Crippen molar-refractivity contribution in [3.63, 3.8) is 0 Å². The molecule has 27 heavy (non-hydrogen) atoms. The van der Waals surface area contributed by atoms with Crippen molar-refractivity contribution < 1.29 is 14.3 Å². The van der Waals surface area contributed by atoms with Crippen LogP contribution in [0.5, 0.6) is 5.75 Å². The summed E-state index contributed by atoms with van der Waals surface area (Å²) in [6, 6.07) is 9.27. The van der Waals surface area contributed by atoms with Gasteiger partial charge in [-0.15, -0.1) is 0 Å². The molecule has 1 unspecified atom stereocenters. The molecule has 2 N–H and O–H groups in total. The maximum Gasteiger partial charge on any atom is 0.220 e. The van der Waals surface area contributed by atoms with Crippen LogP contribution in [0, 0.1) is 6.92 Å². The van der Waals surface area contributed by atoms with E-state index in [1.54, 1.807) is 12.1 Å². The summed E-state index contributed by atoms with van der Waals surface area (Å²) < 4.78 is 11.9. The highest BCUT2D eigenvalue weighted by atomic mass is 35.5. The molecule has 1 fully saturated rings. The Morgan fingerprint density at radius 1 is 1.41 bits per heavy atom. The topological polar surface area (TPSA) is 77.7 Å². The summed E-state index contributed by atoms with van der Waals surface area (Å²) in [6.45, 7) is 4.79. The summed E-state index contributed by atoms with van der Waals surface area (Å²) in [4.78, 5) is 18.2. The fraction of sp³-hybridized carbons (Fsp3) is 0.400. The summed E-state index contributed by atoms with van der Waals surface area (Å²) in [5, 5.41) is 0.592. The Morgan fingerprint density at radius 3 is 3.00 bits per heavy atom. The number of rotatable bonds is 7. The SMILES string of the molecule is Cc1cncc(CN2CCOC(COc3cccc(Cl)c3)(CC(N)=O)C2)c1. The predicted molar refractivity (Wildman–Crippen MR) is 104 cm³/mol. The molecule has 1 atom stereocenters. The van der Waals surface area contributed by atoms with Crippen LogP contribution < -0.4 is 10.5 Å². The third kappa shape index (κ3) is 5.66. The Morgan fingerprint density at radius 2 is 2.26 bits per heavy atom. The highest BCUT2D eigenvalue weighted by Gasteiger charge is 2.39. The van der Waals surface area contributed by atoms with Crippen LogP contribution in [0.3, 0.4) is 0 Å². The number of amides is 1. The zero-order chi connectivity index (χ0) is 19.3. The fourth-order valence-corrected chi connectivity index (χ4v) is 3.54. The van der Waals surface area contributed by atoms with E-state index >= 15 is 0 Å². The number of aromatic nitrogens is 1. The van der Waals surface area contributed by atoms with E-state index in [2.05, 4.69) is 16.0 Å². The van der Waals surface area contributed by atoms with Crippen LogP contribution in [-0.2, 0) is 16.1 Å². The zero-order valence-electron chi connectivity index (χ0n) is 15.4. The minimum absolute atomic E-state index is 0.0934. The van der Waals surface area contributed by atoms with Gasteiger partial charge in [0, 0.05) is 37.1 Å². The number of benzene rings is 1. The number of primary amides is 1. The van der Waals surface area contributed by atoms with Gasteiger partial charge in [-0.25, -0.2) is 0 Å². The molecule has 1 amide bonds. The Bertz CT molecular complexity index is 802. The summed E-state index contributed by atoms with van der Waals surface area (Å²) in [5.41, 5.74) is 6.95. The summed E-state index contributed by atoms with van der Waals surface area (Å²) in [6.07, 6.45) is 3.79. The molecule has 1 aromatic carbocycles. The minimum atomic E-state index is -0.788. The predicted octanol–water partition coefficient (Wildman–Crippen LogP) is 2.57. The molecule has 2 heterocycles. The average Bonchev–Trinajstić information content (AvgIpc) is 2.60. The first-order chi connectivity index (χ1) is 12.9. The van der Waals surface area contributed by atoms with Crippen molar-refractivity contribution in [2.45, 2.75) is 25.5 Å². The molecule has 3 rings (SSSR count). The number of nitrogens with zero attached hydrogens (tertiary/aromatic N) is 2. The van der Waals surface area contributed by atoms with Crippen LogP contribution >= 0.6 is 11.6 Å². The average molecular weight is 390 g/mol. The minimum Gasteiger partial charge on any atom is -0.490 e. The Kier molecular flexibility index (Phi) is 6.31. The molecule has 144 valence electrons. The second kappa shape index (κ2) is 8.69. The number of ether oxygens (including phenoxy) is 2. The van der Waals surface area contributed by atoms with E-state index in [0.29, 0.717) is 23.9 Å². The van der Waals surface area contributed by atoms with Crippen molar-refractivity contribution in [3.8, 4) is 5.75 Å². The van der Waals surface area contributed by atoms with Crippen molar-refractivity contribution in [1.29, 1.82) is 0 Å². The normalized spacial score (nSPS) is 20.4. The number of hydrogen-bond acceptors (Lipinski definition) is 5. The summed E-state index contributed by atoms with van der Waals surface area (Å²) in [7, 11) is 0. The number of carbonyl (C=O) groups excluding carboxylic acids is 1. The highest BCUT2D eigenvalue weighted by molar-refractivity contribution is 6.30. The second-order valence-electron chi connectivity index (χ2n) is 7.00. The van der Waals surface area contributed by atoms with Gasteiger partial charge in [-0.2, -0.15) is 0 Å². The van der Waals surface area contributed by atoms with Crippen LogP contribution in [0.1, 0.15) is 17.5 Å². The fourth-order valence-electron chi connectivity index (χ4n) is 3.36. The standard InChI is InChI=1S/C20H24ClN3O3/c1-15-7-16(11-23-10-15)12-24-5-6-27-20(13-24,9-19(22)25)14-26-18-4-2-3-17(21)8-18/h2-4,7-8,10-11H,5-6,9,12-14H2,1H3,(H2,22,25). The molecule has 0 spiro atoms. The number of carbonyl (C=O) groups is 1. The van der Waals surface area contributed by atoms with E-state index < -0.39 is 11.5 Å². The summed E-state index contributed by atoms with van der Waals surface area (Å²) >= 11 is 6.01. The smallest absolute Gasteiger partial charge is 0.220 e. The molecule has 7 heteroatoms. The third-order valence-corrected chi connectivity index (χ3v) is 4.69. The van der Waals surface area contributed by atoms with E-state index in [1.165, 1.54) is 0 Å². The molecule has 1 aliphatic rings. The van der Waals surface area contributed by atoms with Gasteiger partial charge in [-0.05, 0) is 36.2 Å². The van der Waals surface area contributed by atoms with Gasteiger partial charge in [0.15, 0.2) is 0 Å². The van der Waals surface area contributed by atoms with E-state index in [4.69, 9.17) is 26.8 Å². The van der Waals surface area contributed by atoms with E-state index in [9.17, 15) is 4.79 Å². The van der Waals surface area contributed by atoms with Crippen LogP contribution in [0.15, 0.2) is 42.7 Å². The molecule has 6 nitrogen and oxygen atoms in total. The molecule has 2 aromatic rings.